The second kappa shape index (κ2) is 9.39. The van der Waals surface area contributed by atoms with Gasteiger partial charge in [0.25, 0.3) is 0 Å². The summed E-state index contributed by atoms with van der Waals surface area (Å²) in [5.74, 6) is 0.693. The van der Waals surface area contributed by atoms with Crippen molar-refractivity contribution in [3.63, 3.8) is 0 Å². The van der Waals surface area contributed by atoms with Crippen LogP contribution in [0.3, 0.4) is 0 Å². The predicted octanol–water partition coefficient (Wildman–Crippen LogP) is 5.80. The second-order valence-electron chi connectivity index (χ2n) is 7.57. The molecule has 0 unspecified atom stereocenters. The molecule has 1 aliphatic rings. The fourth-order valence-electron chi connectivity index (χ4n) is 4.05. The van der Waals surface area contributed by atoms with Crippen LogP contribution in [0.5, 0.6) is 0 Å². The number of benzene rings is 1. The molecule has 160 valence electrons. The molecule has 1 amide bonds. The zero-order valence-electron chi connectivity index (χ0n) is 17.4. The van der Waals surface area contributed by atoms with Crippen LogP contribution < -0.4 is 5.32 Å². The van der Waals surface area contributed by atoms with Crippen LogP contribution in [0.15, 0.2) is 34.7 Å². The molecule has 1 saturated carbocycles. The van der Waals surface area contributed by atoms with E-state index in [9.17, 15) is 10.1 Å². The molecule has 1 aromatic carbocycles. The van der Waals surface area contributed by atoms with Crippen LogP contribution in [-0.4, -0.2) is 26.0 Å². The van der Waals surface area contributed by atoms with Gasteiger partial charge < -0.3 is 9.88 Å². The Bertz CT molecular complexity index is 1200. The summed E-state index contributed by atoms with van der Waals surface area (Å²) in [6.07, 6.45) is 4.53. The average Bonchev–Trinajstić information content (AvgIpc) is 3.47. The van der Waals surface area contributed by atoms with Crippen molar-refractivity contribution >= 4 is 47.0 Å². The fraction of sp³-hybridized carbons (Fsp3) is 0.364. The predicted molar refractivity (Wildman–Crippen MR) is 128 cm³/mol. The number of carbonyl (C=O) groups excluding carboxylic acids is 1. The standard InChI is InChI=1S/C22H23N5OS3/c1-14-15(2)26(16-8-6-7-9-16)20(18(14)12-23)24-19(28)13-30-21-25-27(22(29)31-21)17-10-4-3-5-11-17/h3-5,10-11,16H,6-9,13H2,1-2H3,(H,24,28). The number of thioether (sulfide) groups is 1. The third-order valence-corrected chi connectivity index (χ3v) is 8.04. The normalized spacial score (nSPS) is 14.0. The molecule has 0 saturated heterocycles. The van der Waals surface area contributed by atoms with E-state index in [1.165, 1.54) is 35.9 Å². The summed E-state index contributed by atoms with van der Waals surface area (Å²) in [5, 5.41) is 17.3. The summed E-state index contributed by atoms with van der Waals surface area (Å²) in [7, 11) is 0. The molecule has 1 N–H and O–H groups in total. The van der Waals surface area contributed by atoms with Gasteiger partial charge in [-0.1, -0.05) is 54.1 Å². The first kappa shape index (κ1) is 21.8. The van der Waals surface area contributed by atoms with Gasteiger partial charge in [0.05, 0.1) is 17.0 Å². The Morgan fingerprint density at radius 2 is 2.03 bits per heavy atom. The Morgan fingerprint density at radius 3 is 2.71 bits per heavy atom. The van der Waals surface area contributed by atoms with Crippen LogP contribution in [0.2, 0.25) is 0 Å². The molecule has 0 radical (unpaired) electrons. The highest BCUT2D eigenvalue weighted by Crippen LogP contribution is 2.37. The number of aromatic nitrogens is 3. The summed E-state index contributed by atoms with van der Waals surface area (Å²) in [6, 6.07) is 12.3. The summed E-state index contributed by atoms with van der Waals surface area (Å²) < 4.78 is 5.26. The van der Waals surface area contributed by atoms with Crippen molar-refractivity contribution in [1.82, 2.24) is 14.3 Å². The number of nitrogens with one attached hydrogen (secondary N) is 1. The van der Waals surface area contributed by atoms with Crippen LogP contribution in [0.25, 0.3) is 5.69 Å². The lowest BCUT2D eigenvalue weighted by Gasteiger charge is -2.19. The van der Waals surface area contributed by atoms with Crippen molar-refractivity contribution in [2.45, 2.75) is 49.9 Å². The molecule has 9 heteroatoms. The van der Waals surface area contributed by atoms with Crippen LogP contribution in [0.4, 0.5) is 5.82 Å². The number of nitrogens with zero attached hydrogens (tertiary/aromatic N) is 4. The molecule has 0 spiro atoms. The molecule has 0 aliphatic heterocycles. The van der Waals surface area contributed by atoms with E-state index < -0.39 is 0 Å². The van der Waals surface area contributed by atoms with Crippen molar-refractivity contribution in [3.8, 4) is 11.8 Å². The van der Waals surface area contributed by atoms with Crippen molar-refractivity contribution in [2.75, 3.05) is 11.1 Å². The Labute approximate surface area is 194 Å². The van der Waals surface area contributed by atoms with E-state index in [0.717, 1.165) is 34.1 Å². The maximum Gasteiger partial charge on any atom is 0.235 e. The van der Waals surface area contributed by atoms with Gasteiger partial charge >= 0.3 is 0 Å². The van der Waals surface area contributed by atoms with Crippen LogP contribution >= 0.6 is 35.3 Å². The molecule has 1 fully saturated rings. The summed E-state index contributed by atoms with van der Waals surface area (Å²) in [5.41, 5.74) is 3.47. The first-order valence-electron chi connectivity index (χ1n) is 10.2. The number of anilines is 1. The van der Waals surface area contributed by atoms with Gasteiger partial charge in [-0.05, 0) is 56.6 Å². The van der Waals surface area contributed by atoms with Gasteiger partial charge in [0.15, 0.2) is 8.29 Å². The van der Waals surface area contributed by atoms with Crippen molar-refractivity contribution in [2.24, 2.45) is 0 Å². The van der Waals surface area contributed by atoms with E-state index in [4.69, 9.17) is 12.2 Å². The molecular weight excluding hydrogens is 446 g/mol. The third kappa shape index (κ3) is 4.47. The SMILES string of the molecule is Cc1c(C#N)c(NC(=O)CSc2nn(-c3ccccc3)c(=S)s2)n(C2CCCC2)c1C. The molecule has 2 aromatic heterocycles. The van der Waals surface area contributed by atoms with Gasteiger partial charge in [-0.2, -0.15) is 5.26 Å². The van der Waals surface area contributed by atoms with E-state index in [-0.39, 0.29) is 11.7 Å². The molecule has 0 atom stereocenters. The number of rotatable bonds is 6. The maximum absolute atomic E-state index is 12.8. The first-order chi connectivity index (χ1) is 15.0. The van der Waals surface area contributed by atoms with Crippen molar-refractivity contribution < 1.29 is 4.79 Å². The smallest absolute Gasteiger partial charge is 0.235 e. The average molecular weight is 470 g/mol. The number of para-hydroxylation sites is 1. The number of carbonyl (C=O) groups is 1. The molecular formula is C22H23N5OS3. The van der Waals surface area contributed by atoms with Crippen LogP contribution in [0, 0.1) is 29.1 Å². The van der Waals surface area contributed by atoms with Gasteiger partial charge in [-0.15, -0.1) is 5.10 Å². The van der Waals surface area contributed by atoms with Crippen molar-refractivity contribution in [1.29, 1.82) is 5.26 Å². The molecule has 6 nitrogen and oxygen atoms in total. The Morgan fingerprint density at radius 1 is 1.32 bits per heavy atom. The van der Waals surface area contributed by atoms with Crippen LogP contribution in [0.1, 0.15) is 48.5 Å². The van der Waals surface area contributed by atoms with Crippen LogP contribution in [-0.2, 0) is 4.79 Å². The van der Waals surface area contributed by atoms with E-state index in [1.54, 1.807) is 4.68 Å². The second-order valence-corrected chi connectivity index (χ2v) is 10.4. The lowest BCUT2D eigenvalue weighted by molar-refractivity contribution is -0.113. The fourth-order valence-corrected chi connectivity index (χ4v) is 6.21. The van der Waals surface area contributed by atoms with Gasteiger partial charge in [0.2, 0.25) is 5.91 Å². The molecule has 4 rings (SSSR count). The summed E-state index contributed by atoms with van der Waals surface area (Å²) in [6.45, 7) is 3.98. The highest BCUT2D eigenvalue weighted by atomic mass is 32.2. The minimum atomic E-state index is -0.148. The molecule has 0 bridgehead atoms. The van der Waals surface area contributed by atoms with E-state index in [0.29, 0.717) is 21.4 Å². The molecule has 3 aromatic rings. The minimum Gasteiger partial charge on any atom is -0.327 e. The molecule has 2 heterocycles. The molecule has 1 aliphatic carbocycles. The number of nitriles is 1. The van der Waals surface area contributed by atoms with Crippen molar-refractivity contribution in [3.05, 3.63) is 51.1 Å². The zero-order chi connectivity index (χ0) is 22.0. The quantitative estimate of drug-likeness (QED) is 0.365. The highest BCUT2D eigenvalue weighted by molar-refractivity contribution is 8.01. The first-order valence-corrected chi connectivity index (χ1v) is 12.4. The number of amides is 1. The number of hydrogen-bond acceptors (Lipinski definition) is 6. The third-order valence-electron chi connectivity index (χ3n) is 5.67. The maximum atomic E-state index is 12.8. The number of hydrogen-bond donors (Lipinski definition) is 1. The Balaban J connectivity index is 1.50. The summed E-state index contributed by atoms with van der Waals surface area (Å²) >= 11 is 8.18. The molecule has 31 heavy (non-hydrogen) atoms. The van der Waals surface area contributed by atoms with E-state index in [1.807, 2.05) is 44.2 Å². The Hall–Kier alpha value is -2.41. The van der Waals surface area contributed by atoms with E-state index >= 15 is 0 Å². The minimum absolute atomic E-state index is 0.148. The lowest BCUT2D eigenvalue weighted by Crippen LogP contribution is -2.19. The van der Waals surface area contributed by atoms with E-state index in [2.05, 4.69) is 21.1 Å². The van der Waals surface area contributed by atoms with Gasteiger partial charge in [-0.3, -0.25) is 4.79 Å². The topological polar surface area (TPSA) is 75.6 Å². The summed E-state index contributed by atoms with van der Waals surface area (Å²) in [4.78, 5) is 12.8. The largest absolute Gasteiger partial charge is 0.327 e. The van der Waals surface area contributed by atoms with Gasteiger partial charge in [-0.25, -0.2) is 4.68 Å². The zero-order valence-corrected chi connectivity index (χ0v) is 19.9. The lowest BCUT2D eigenvalue weighted by atomic mass is 10.2. The van der Waals surface area contributed by atoms with Gasteiger partial charge in [0.1, 0.15) is 11.9 Å². The van der Waals surface area contributed by atoms with Gasteiger partial charge in [0, 0.05) is 11.7 Å². The Kier molecular flexibility index (Phi) is 6.60. The highest BCUT2D eigenvalue weighted by Gasteiger charge is 2.26. The monoisotopic (exact) mass is 469 g/mol.